The Kier molecular flexibility index (Phi) is 5.03. The molecule has 2 aromatic rings. The van der Waals surface area contributed by atoms with Crippen molar-refractivity contribution in [2.24, 2.45) is 24.8 Å². The van der Waals surface area contributed by atoms with Crippen molar-refractivity contribution >= 4 is 5.82 Å². The summed E-state index contributed by atoms with van der Waals surface area (Å²) in [7, 11) is 1.91. The molecule has 2 unspecified atom stereocenters. The highest BCUT2D eigenvalue weighted by Gasteiger charge is 2.41. The van der Waals surface area contributed by atoms with Crippen molar-refractivity contribution in [2.45, 2.75) is 31.7 Å². The van der Waals surface area contributed by atoms with Crippen LogP contribution in [-0.4, -0.2) is 63.8 Å². The van der Waals surface area contributed by atoms with Crippen molar-refractivity contribution in [2.75, 3.05) is 38.2 Å². The number of anilines is 1. The summed E-state index contributed by atoms with van der Waals surface area (Å²) in [4.78, 5) is 2.71. The van der Waals surface area contributed by atoms with Crippen LogP contribution in [0.25, 0.3) is 11.3 Å². The minimum Gasteiger partial charge on any atom is -0.381 e. The van der Waals surface area contributed by atoms with E-state index in [4.69, 9.17) is 4.74 Å². The van der Waals surface area contributed by atoms with Crippen LogP contribution in [0.5, 0.6) is 0 Å². The van der Waals surface area contributed by atoms with Crippen molar-refractivity contribution in [3.8, 4) is 11.3 Å². The first kappa shape index (κ1) is 18.1. The zero-order chi connectivity index (χ0) is 18.9. The van der Waals surface area contributed by atoms with E-state index in [-0.39, 0.29) is 0 Å². The second-order valence-electron chi connectivity index (χ2n) is 8.81. The molecule has 0 spiro atoms. The molecule has 5 rings (SSSR count). The normalized spacial score (nSPS) is 28.5. The number of nitrogens with zero attached hydrogens (tertiary/aromatic N) is 5. The van der Waals surface area contributed by atoms with Crippen molar-refractivity contribution < 1.29 is 4.74 Å². The summed E-state index contributed by atoms with van der Waals surface area (Å²) in [5.74, 6) is 3.40. The number of hydrogen-bond acceptors (Lipinski definition) is 6. The minimum atomic E-state index is 0.527. The molecular weight excluding hydrogens is 352 g/mol. The number of hydrogen-bond donors (Lipinski definition) is 1. The van der Waals surface area contributed by atoms with Crippen LogP contribution >= 0.6 is 0 Å². The summed E-state index contributed by atoms with van der Waals surface area (Å²) in [6, 6.07) is 4.59. The van der Waals surface area contributed by atoms with Crippen molar-refractivity contribution in [3.05, 3.63) is 24.5 Å². The Balaban J connectivity index is 1.12. The molecular formula is C21H30N6O. The van der Waals surface area contributed by atoms with Crippen LogP contribution in [0.2, 0.25) is 0 Å². The highest BCUT2D eigenvalue weighted by Crippen LogP contribution is 2.39. The second kappa shape index (κ2) is 7.79. The zero-order valence-electron chi connectivity index (χ0n) is 16.6. The molecule has 1 aliphatic carbocycles. The Morgan fingerprint density at radius 2 is 1.89 bits per heavy atom. The van der Waals surface area contributed by atoms with Crippen molar-refractivity contribution in [1.82, 2.24) is 24.9 Å². The van der Waals surface area contributed by atoms with E-state index in [2.05, 4.69) is 25.5 Å². The lowest BCUT2D eigenvalue weighted by molar-refractivity contribution is 0.0545. The number of likely N-dealkylation sites (tertiary alicyclic amines) is 1. The van der Waals surface area contributed by atoms with Crippen LogP contribution in [0.4, 0.5) is 5.82 Å². The molecule has 150 valence electrons. The molecule has 1 saturated carbocycles. The lowest BCUT2D eigenvalue weighted by Crippen LogP contribution is -2.32. The van der Waals surface area contributed by atoms with E-state index < -0.39 is 0 Å². The van der Waals surface area contributed by atoms with E-state index in [1.54, 1.807) is 4.68 Å². The van der Waals surface area contributed by atoms with Crippen molar-refractivity contribution in [3.63, 3.8) is 0 Å². The lowest BCUT2D eigenvalue weighted by Gasteiger charge is -2.27. The fraction of sp³-hybridized carbons (Fsp3) is 0.667. The van der Waals surface area contributed by atoms with Crippen LogP contribution in [0.15, 0.2) is 24.5 Å². The molecule has 0 aromatic carbocycles. The van der Waals surface area contributed by atoms with Gasteiger partial charge in [-0.1, -0.05) is 0 Å². The summed E-state index contributed by atoms with van der Waals surface area (Å²) < 4.78 is 7.28. The summed E-state index contributed by atoms with van der Waals surface area (Å²) in [6.07, 6.45) is 8.76. The van der Waals surface area contributed by atoms with Gasteiger partial charge >= 0.3 is 0 Å². The van der Waals surface area contributed by atoms with Gasteiger partial charge in [-0.25, -0.2) is 0 Å². The monoisotopic (exact) mass is 382 g/mol. The third kappa shape index (κ3) is 3.91. The molecule has 7 heteroatoms. The maximum atomic E-state index is 5.50. The Hall–Kier alpha value is -1.99. The largest absolute Gasteiger partial charge is 0.381 e. The summed E-state index contributed by atoms with van der Waals surface area (Å²) in [5.41, 5.74) is 1.87. The highest BCUT2D eigenvalue weighted by atomic mass is 16.5. The van der Waals surface area contributed by atoms with E-state index in [0.717, 1.165) is 48.0 Å². The Bertz CT molecular complexity index is 770. The SMILES string of the molecule is Cn1cc(-c2ccc(NC3CC4CN(CC5CCOCC5)CC4C3)nn2)cn1. The molecule has 3 fully saturated rings. The Labute approximate surface area is 166 Å². The van der Waals surface area contributed by atoms with Gasteiger partial charge in [0.2, 0.25) is 0 Å². The van der Waals surface area contributed by atoms with Crippen molar-refractivity contribution in [1.29, 1.82) is 0 Å². The third-order valence-electron chi connectivity index (χ3n) is 6.70. The first-order valence-corrected chi connectivity index (χ1v) is 10.6. The van der Waals surface area contributed by atoms with Gasteiger partial charge in [-0.3, -0.25) is 4.68 Å². The molecule has 28 heavy (non-hydrogen) atoms. The van der Waals surface area contributed by atoms with E-state index in [9.17, 15) is 0 Å². The first-order valence-electron chi connectivity index (χ1n) is 10.6. The zero-order valence-corrected chi connectivity index (χ0v) is 16.6. The molecule has 3 aliphatic rings. The average Bonchev–Trinajstić information content (AvgIpc) is 3.38. The highest BCUT2D eigenvalue weighted by molar-refractivity contribution is 5.57. The van der Waals surface area contributed by atoms with E-state index in [1.165, 1.54) is 45.3 Å². The number of nitrogens with one attached hydrogen (secondary N) is 1. The Morgan fingerprint density at radius 1 is 1.11 bits per heavy atom. The predicted molar refractivity (Wildman–Crippen MR) is 108 cm³/mol. The second-order valence-corrected chi connectivity index (χ2v) is 8.81. The fourth-order valence-corrected chi connectivity index (χ4v) is 5.28. The van der Waals surface area contributed by atoms with Crippen LogP contribution in [0.1, 0.15) is 25.7 Å². The van der Waals surface area contributed by atoms with E-state index in [0.29, 0.717) is 6.04 Å². The molecule has 2 saturated heterocycles. The van der Waals surface area contributed by atoms with Gasteiger partial charge in [-0.15, -0.1) is 10.2 Å². The molecule has 4 heterocycles. The number of fused-ring (bicyclic) bond motifs is 1. The molecule has 0 bridgehead atoms. The van der Waals surface area contributed by atoms with Gasteiger partial charge < -0.3 is 15.0 Å². The maximum Gasteiger partial charge on any atom is 0.148 e. The lowest BCUT2D eigenvalue weighted by atomic mass is 10.00. The molecule has 1 N–H and O–H groups in total. The standard InChI is InChI=1S/C21H30N6O/c1-26-12-18(10-22-26)20-2-3-21(25-24-20)23-19-8-16-13-27(14-17(16)9-19)11-15-4-6-28-7-5-15/h2-3,10,12,15-17,19H,4-9,11,13-14H2,1H3,(H,23,25). The number of aromatic nitrogens is 4. The summed E-state index contributed by atoms with van der Waals surface area (Å²) in [5, 5.41) is 16.6. The van der Waals surface area contributed by atoms with Gasteiger partial charge in [0.15, 0.2) is 0 Å². The van der Waals surface area contributed by atoms with Gasteiger partial charge in [-0.05, 0) is 55.6 Å². The van der Waals surface area contributed by atoms with Crippen LogP contribution in [0.3, 0.4) is 0 Å². The topological polar surface area (TPSA) is 68.1 Å². The predicted octanol–water partition coefficient (Wildman–Crippen LogP) is 2.43. The number of aryl methyl sites for hydroxylation is 1. The van der Waals surface area contributed by atoms with E-state index in [1.807, 2.05) is 31.6 Å². The van der Waals surface area contributed by atoms with E-state index >= 15 is 0 Å². The van der Waals surface area contributed by atoms with Gasteiger partial charge in [0.05, 0.1) is 11.9 Å². The molecule has 0 radical (unpaired) electrons. The number of ether oxygens (including phenoxy) is 1. The Morgan fingerprint density at radius 3 is 2.54 bits per heavy atom. The van der Waals surface area contributed by atoms with Crippen LogP contribution in [0, 0.1) is 17.8 Å². The quantitative estimate of drug-likeness (QED) is 0.857. The molecule has 2 atom stereocenters. The first-order chi connectivity index (χ1) is 13.7. The summed E-state index contributed by atoms with van der Waals surface area (Å²) in [6.45, 7) is 5.73. The molecule has 7 nitrogen and oxygen atoms in total. The van der Waals surface area contributed by atoms with Gasteiger partial charge in [0, 0.05) is 57.7 Å². The molecule has 2 aromatic heterocycles. The molecule has 2 aliphatic heterocycles. The number of rotatable bonds is 5. The summed E-state index contributed by atoms with van der Waals surface area (Å²) >= 11 is 0. The average molecular weight is 383 g/mol. The van der Waals surface area contributed by atoms with Crippen LogP contribution < -0.4 is 5.32 Å². The van der Waals surface area contributed by atoms with Gasteiger partial charge in [-0.2, -0.15) is 5.10 Å². The molecule has 0 amide bonds. The fourth-order valence-electron chi connectivity index (χ4n) is 5.28. The minimum absolute atomic E-state index is 0.527. The van der Waals surface area contributed by atoms with Gasteiger partial charge in [0.1, 0.15) is 5.82 Å². The van der Waals surface area contributed by atoms with Crippen LogP contribution in [-0.2, 0) is 11.8 Å². The van der Waals surface area contributed by atoms with Gasteiger partial charge in [0.25, 0.3) is 0 Å². The maximum absolute atomic E-state index is 5.50. The third-order valence-corrected chi connectivity index (χ3v) is 6.70. The smallest absolute Gasteiger partial charge is 0.148 e.